The van der Waals surface area contributed by atoms with Gasteiger partial charge >= 0.3 is 0 Å². The molecule has 6 rings (SSSR count). The van der Waals surface area contributed by atoms with Crippen LogP contribution in [0.1, 0.15) is 68.3 Å². The Bertz CT molecular complexity index is 1270. The molecule has 190 valence electrons. The lowest BCUT2D eigenvalue weighted by atomic mass is 9.67. The third kappa shape index (κ3) is 3.81. The Labute approximate surface area is 212 Å². The highest BCUT2D eigenvalue weighted by Gasteiger charge is 2.48. The number of ether oxygens (including phenoxy) is 1. The van der Waals surface area contributed by atoms with Gasteiger partial charge in [0.05, 0.1) is 13.2 Å². The number of H-pyrrole nitrogens is 1. The van der Waals surface area contributed by atoms with Gasteiger partial charge in [-0.3, -0.25) is 9.69 Å². The summed E-state index contributed by atoms with van der Waals surface area (Å²) in [4.78, 5) is 21.4. The first-order chi connectivity index (χ1) is 17.5. The lowest BCUT2D eigenvalue weighted by Gasteiger charge is -2.51. The van der Waals surface area contributed by atoms with Gasteiger partial charge in [-0.05, 0) is 55.9 Å². The third-order valence-corrected chi connectivity index (χ3v) is 9.05. The number of aromatic nitrogens is 1. The summed E-state index contributed by atoms with van der Waals surface area (Å²) in [5.41, 5.74) is 4.42. The first kappa shape index (κ1) is 23.5. The van der Waals surface area contributed by atoms with Crippen molar-refractivity contribution in [3.05, 3.63) is 65.1 Å². The van der Waals surface area contributed by atoms with Crippen LogP contribution in [0.4, 0.5) is 4.39 Å². The van der Waals surface area contributed by atoms with Gasteiger partial charge in [0.2, 0.25) is 5.91 Å². The molecule has 1 N–H and O–H groups in total. The van der Waals surface area contributed by atoms with Crippen molar-refractivity contribution in [2.24, 2.45) is 5.92 Å². The van der Waals surface area contributed by atoms with Gasteiger partial charge in [-0.25, -0.2) is 4.39 Å². The van der Waals surface area contributed by atoms with Crippen LogP contribution in [0.3, 0.4) is 0 Å². The largest absolute Gasteiger partial charge is 0.497 e. The van der Waals surface area contributed by atoms with E-state index < -0.39 is 0 Å². The number of carbonyl (C=O) groups is 1. The van der Waals surface area contributed by atoms with Crippen molar-refractivity contribution in [3.8, 4) is 5.75 Å². The van der Waals surface area contributed by atoms with Crippen LogP contribution in [-0.4, -0.2) is 47.4 Å². The van der Waals surface area contributed by atoms with E-state index in [9.17, 15) is 9.18 Å². The molecule has 3 aliphatic rings. The number of piperidine rings is 1. The van der Waals surface area contributed by atoms with Crippen LogP contribution >= 0.6 is 0 Å². The number of likely N-dealkylation sites (tertiary alicyclic amines) is 1. The van der Waals surface area contributed by atoms with Crippen molar-refractivity contribution < 1.29 is 13.9 Å². The Morgan fingerprint density at radius 3 is 2.61 bits per heavy atom. The summed E-state index contributed by atoms with van der Waals surface area (Å²) in [6.45, 7) is 5.25. The zero-order valence-electron chi connectivity index (χ0n) is 21.4. The van der Waals surface area contributed by atoms with Gasteiger partial charge in [-0.2, -0.15) is 0 Å². The molecule has 2 aliphatic heterocycles. The highest BCUT2D eigenvalue weighted by atomic mass is 19.1. The van der Waals surface area contributed by atoms with Crippen molar-refractivity contribution in [3.63, 3.8) is 0 Å². The molecule has 36 heavy (non-hydrogen) atoms. The number of rotatable bonds is 5. The fourth-order valence-corrected chi connectivity index (χ4v) is 6.86. The molecule has 6 heteroatoms. The number of methoxy groups -OCH3 is 1. The molecule has 1 atom stereocenters. The molecule has 0 bridgehead atoms. The lowest BCUT2D eigenvalue weighted by Crippen LogP contribution is -2.54. The molecular weight excluding hydrogens is 453 g/mol. The van der Waals surface area contributed by atoms with E-state index in [1.165, 1.54) is 23.1 Å². The normalized spacial score (nSPS) is 22.0. The molecule has 0 radical (unpaired) electrons. The molecule has 2 aromatic carbocycles. The predicted octanol–water partition coefficient (Wildman–Crippen LogP) is 5.94. The predicted molar refractivity (Wildman–Crippen MR) is 140 cm³/mol. The molecule has 2 fully saturated rings. The van der Waals surface area contributed by atoms with Gasteiger partial charge in [0.25, 0.3) is 0 Å². The molecular formula is C30H36FN3O2. The van der Waals surface area contributed by atoms with E-state index >= 15 is 0 Å². The van der Waals surface area contributed by atoms with Gasteiger partial charge < -0.3 is 14.6 Å². The molecule has 1 saturated heterocycles. The van der Waals surface area contributed by atoms with Gasteiger partial charge in [0.15, 0.2) is 0 Å². The van der Waals surface area contributed by atoms with Crippen LogP contribution in [0.2, 0.25) is 0 Å². The van der Waals surface area contributed by atoms with E-state index in [4.69, 9.17) is 4.74 Å². The van der Waals surface area contributed by atoms with Gasteiger partial charge in [-0.1, -0.05) is 31.5 Å². The lowest BCUT2D eigenvalue weighted by molar-refractivity contribution is -0.140. The maximum Gasteiger partial charge on any atom is 0.225 e. The van der Waals surface area contributed by atoms with E-state index in [2.05, 4.69) is 33.8 Å². The van der Waals surface area contributed by atoms with E-state index in [0.29, 0.717) is 12.5 Å². The number of hydrogen-bond donors (Lipinski definition) is 1. The van der Waals surface area contributed by atoms with Crippen LogP contribution in [0.25, 0.3) is 10.9 Å². The first-order valence-electron chi connectivity index (χ1n) is 13.5. The number of benzene rings is 2. The van der Waals surface area contributed by atoms with E-state index in [1.807, 2.05) is 18.2 Å². The zero-order chi connectivity index (χ0) is 24.9. The van der Waals surface area contributed by atoms with Crippen molar-refractivity contribution in [1.82, 2.24) is 14.8 Å². The minimum Gasteiger partial charge on any atom is -0.497 e. The number of hydrogen-bond acceptors (Lipinski definition) is 3. The second-order valence-corrected chi connectivity index (χ2v) is 11.0. The molecule has 1 spiro atoms. The summed E-state index contributed by atoms with van der Waals surface area (Å²) >= 11 is 0. The second-order valence-electron chi connectivity index (χ2n) is 11.0. The summed E-state index contributed by atoms with van der Waals surface area (Å²) in [5, 5.41) is 1.26. The second kappa shape index (κ2) is 9.22. The Balaban J connectivity index is 1.40. The topological polar surface area (TPSA) is 48.6 Å². The number of halogens is 1. The minimum absolute atomic E-state index is 0.0739. The van der Waals surface area contributed by atoms with Crippen molar-refractivity contribution in [2.45, 2.75) is 63.5 Å². The summed E-state index contributed by atoms with van der Waals surface area (Å²) in [6.07, 6.45) is 6.07. The quantitative estimate of drug-likeness (QED) is 0.482. The minimum atomic E-state index is -0.144. The van der Waals surface area contributed by atoms with E-state index in [1.54, 1.807) is 19.2 Å². The van der Waals surface area contributed by atoms with Gasteiger partial charge in [0.1, 0.15) is 11.6 Å². The highest BCUT2D eigenvalue weighted by molar-refractivity contribution is 5.88. The number of aromatic amines is 1. The Morgan fingerprint density at radius 2 is 1.94 bits per heavy atom. The van der Waals surface area contributed by atoms with Crippen LogP contribution in [0.15, 0.2) is 42.5 Å². The average molecular weight is 490 g/mol. The van der Waals surface area contributed by atoms with Crippen molar-refractivity contribution >= 4 is 16.8 Å². The molecule has 1 saturated carbocycles. The molecule has 1 amide bonds. The molecule has 0 unspecified atom stereocenters. The Kier molecular flexibility index (Phi) is 6.03. The van der Waals surface area contributed by atoms with E-state index in [0.717, 1.165) is 68.6 Å². The maximum atomic E-state index is 14.7. The number of carbonyl (C=O) groups excluding carboxylic acids is 1. The number of amides is 1. The molecule has 5 nitrogen and oxygen atoms in total. The van der Waals surface area contributed by atoms with Gasteiger partial charge in [0, 0.05) is 65.7 Å². The molecule has 1 aliphatic carbocycles. The standard InChI is InChI=1S/C30H36FN3O2/c1-3-26-28-27(23-12-11-22(36-2)17-25(23)32-28)30(19-34(26)18-21-7-4-5-10-24(21)31)13-15-33(16-14-30)29(35)20-8-6-9-20/h4-5,7,10-12,17,20,26,32H,3,6,8-9,13-16,18-19H2,1-2H3/t26-/m0/s1. The Morgan fingerprint density at radius 1 is 1.17 bits per heavy atom. The molecule has 3 heterocycles. The summed E-state index contributed by atoms with van der Waals surface area (Å²) < 4.78 is 20.2. The average Bonchev–Trinajstić information content (AvgIpc) is 3.24. The maximum absolute atomic E-state index is 14.7. The molecule has 1 aromatic heterocycles. The summed E-state index contributed by atoms with van der Waals surface area (Å²) in [6, 6.07) is 13.6. The number of nitrogens with one attached hydrogen (secondary N) is 1. The Hall–Kier alpha value is -2.86. The summed E-state index contributed by atoms with van der Waals surface area (Å²) in [5.74, 6) is 1.29. The highest BCUT2D eigenvalue weighted by Crippen LogP contribution is 2.50. The number of nitrogens with zero attached hydrogens (tertiary/aromatic N) is 2. The van der Waals surface area contributed by atoms with Crippen LogP contribution in [-0.2, 0) is 16.8 Å². The van der Waals surface area contributed by atoms with Crippen molar-refractivity contribution in [2.75, 3.05) is 26.7 Å². The monoisotopic (exact) mass is 489 g/mol. The molecule has 3 aromatic rings. The van der Waals surface area contributed by atoms with Crippen LogP contribution < -0.4 is 4.74 Å². The van der Waals surface area contributed by atoms with Crippen LogP contribution in [0, 0.1) is 11.7 Å². The van der Waals surface area contributed by atoms with Gasteiger partial charge in [-0.15, -0.1) is 0 Å². The fraction of sp³-hybridized carbons (Fsp3) is 0.500. The third-order valence-electron chi connectivity index (χ3n) is 9.05. The first-order valence-corrected chi connectivity index (χ1v) is 13.5. The number of fused-ring (bicyclic) bond motifs is 4. The smallest absolute Gasteiger partial charge is 0.225 e. The zero-order valence-corrected chi connectivity index (χ0v) is 21.4. The van der Waals surface area contributed by atoms with Crippen molar-refractivity contribution in [1.29, 1.82) is 0 Å². The summed E-state index contributed by atoms with van der Waals surface area (Å²) in [7, 11) is 1.70. The fourth-order valence-electron chi connectivity index (χ4n) is 6.86. The van der Waals surface area contributed by atoms with Crippen LogP contribution in [0.5, 0.6) is 5.75 Å². The van der Waals surface area contributed by atoms with E-state index in [-0.39, 0.29) is 23.2 Å². The SMILES string of the molecule is CC[C@H]1c2[nH]c3cc(OC)ccc3c2C2(CCN(C(=O)C3CCC3)CC2)CN1Cc1ccccc1F.